The highest BCUT2D eigenvalue weighted by Gasteiger charge is 2.62. The highest BCUT2D eigenvalue weighted by atomic mass is 35.5. The molecule has 1 saturated heterocycles. The van der Waals surface area contributed by atoms with Gasteiger partial charge < -0.3 is 34.5 Å². The van der Waals surface area contributed by atoms with Crippen LogP contribution in [0.5, 0.6) is 11.6 Å². The fourth-order valence-electron chi connectivity index (χ4n) is 6.65. The van der Waals surface area contributed by atoms with Gasteiger partial charge in [0.1, 0.15) is 35.6 Å². The molecule has 1 aliphatic heterocycles. The van der Waals surface area contributed by atoms with Gasteiger partial charge in [-0.25, -0.2) is 14.6 Å². The number of ether oxygens (including phenoxy) is 4. The van der Waals surface area contributed by atoms with Crippen LogP contribution in [-0.4, -0.2) is 83.9 Å². The number of pyridine rings is 1. The highest BCUT2D eigenvalue weighted by Crippen LogP contribution is 2.46. The van der Waals surface area contributed by atoms with Crippen molar-refractivity contribution in [1.82, 2.24) is 20.5 Å². The Morgan fingerprint density at radius 1 is 1.19 bits per heavy atom. The van der Waals surface area contributed by atoms with E-state index in [0.29, 0.717) is 40.6 Å². The summed E-state index contributed by atoms with van der Waals surface area (Å²) in [6.45, 7) is 11.5. The van der Waals surface area contributed by atoms with Crippen LogP contribution < -0.4 is 20.1 Å². The third-order valence-electron chi connectivity index (χ3n) is 9.31. The third kappa shape index (κ3) is 7.33. The SMILES string of the molecule is C=C[C@@H]1C[C@]1(NC(=O)[C@@H]1CC(Oc2cc(OCC)nc3c(Cl)cccc23)CN1C(=O)[C@@H](NC(=O)OC1CCCC1)C(C)(C)C)C(=O)OC. The van der Waals surface area contributed by atoms with E-state index in [4.69, 9.17) is 30.5 Å². The normalized spacial score (nSPS) is 24.5. The minimum atomic E-state index is -1.27. The predicted molar refractivity (Wildman–Crippen MR) is 179 cm³/mol. The van der Waals surface area contributed by atoms with Gasteiger partial charge >= 0.3 is 12.1 Å². The highest BCUT2D eigenvalue weighted by molar-refractivity contribution is 6.35. The van der Waals surface area contributed by atoms with E-state index in [1.54, 1.807) is 24.3 Å². The number of benzene rings is 1. The van der Waals surface area contributed by atoms with Crippen molar-refractivity contribution < 1.29 is 38.1 Å². The first-order valence-corrected chi connectivity index (χ1v) is 16.9. The van der Waals surface area contributed by atoms with Gasteiger partial charge in [-0.05, 0) is 56.6 Å². The largest absolute Gasteiger partial charge is 0.488 e. The molecule has 13 heteroatoms. The maximum absolute atomic E-state index is 14.4. The fourth-order valence-corrected chi connectivity index (χ4v) is 6.86. The summed E-state index contributed by atoms with van der Waals surface area (Å²) in [5.41, 5.74) is -1.52. The molecule has 1 unspecified atom stereocenters. The Kier molecular flexibility index (Phi) is 10.4. The number of likely N-dealkylation sites (tertiary alicyclic amines) is 1. The molecule has 48 heavy (non-hydrogen) atoms. The van der Waals surface area contributed by atoms with E-state index < -0.39 is 53.0 Å². The molecule has 3 amide bonds. The first kappa shape index (κ1) is 35.3. The van der Waals surface area contributed by atoms with Crippen LogP contribution in [0.3, 0.4) is 0 Å². The molecule has 2 aromatic rings. The second kappa shape index (κ2) is 14.2. The van der Waals surface area contributed by atoms with Gasteiger partial charge in [-0.1, -0.05) is 44.5 Å². The molecule has 260 valence electrons. The summed E-state index contributed by atoms with van der Waals surface area (Å²) in [6, 6.07) is 4.92. The van der Waals surface area contributed by atoms with Crippen LogP contribution in [0.15, 0.2) is 36.9 Å². The lowest BCUT2D eigenvalue weighted by atomic mass is 9.85. The van der Waals surface area contributed by atoms with Crippen LogP contribution >= 0.6 is 11.6 Å². The van der Waals surface area contributed by atoms with E-state index >= 15 is 0 Å². The molecule has 1 aromatic heterocycles. The third-order valence-corrected chi connectivity index (χ3v) is 9.61. The Morgan fingerprint density at radius 3 is 2.54 bits per heavy atom. The van der Waals surface area contributed by atoms with Gasteiger partial charge in [0.15, 0.2) is 0 Å². The maximum atomic E-state index is 14.4. The molecule has 3 fully saturated rings. The van der Waals surface area contributed by atoms with Gasteiger partial charge in [0.2, 0.25) is 17.7 Å². The Balaban J connectivity index is 1.45. The van der Waals surface area contributed by atoms with Crippen LogP contribution in [0, 0.1) is 11.3 Å². The molecule has 0 bridgehead atoms. The van der Waals surface area contributed by atoms with Crippen molar-refractivity contribution in [1.29, 1.82) is 0 Å². The van der Waals surface area contributed by atoms with Gasteiger partial charge in [-0.3, -0.25) is 9.59 Å². The molecule has 1 aromatic carbocycles. The first-order chi connectivity index (χ1) is 22.8. The summed E-state index contributed by atoms with van der Waals surface area (Å²) in [7, 11) is 1.26. The number of methoxy groups -OCH3 is 1. The van der Waals surface area contributed by atoms with Crippen LogP contribution in [-0.2, 0) is 23.9 Å². The lowest BCUT2D eigenvalue weighted by molar-refractivity contribution is -0.148. The van der Waals surface area contributed by atoms with E-state index in [-0.39, 0.29) is 25.0 Å². The van der Waals surface area contributed by atoms with Crippen molar-refractivity contribution >= 4 is 46.4 Å². The zero-order valence-electron chi connectivity index (χ0n) is 28.2. The number of hydrogen-bond donors (Lipinski definition) is 2. The minimum Gasteiger partial charge on any atom is -0.488 e. The number of amides is 3. The van der Waals surface area contributed by atoms with Crippen LogP contribution in [0.2, 0.25) is 5.02 Å². The Bertz CT molecular complexity index is 1570. The molecule has 2 aliphatic carbocycles. The molecule has 2 saturated carbocycles. The van der Waals surface area contributed by atoms with Crippen molar-refractivity contribution in [3.63, 3.8) is 0 Å². The number of nitrogens with zero attached hydrogens (tertiary/aromatic N) is 2. The monoisotopic (exact) mass is 684 g/mol. The first-order valence-electron chi connectivity index (χ1n) is 16.5. The Hall–Kier alpha value is -4.06. The average molecular weight is 685 g/mol. The zero-order chi connectivity index (χ0) is 34.8. The van der Waals surface area contributed by atoms with E-state index in [2.05, 4.69) is 22.2 Å². The summed E-state index contributed by atoms with van der Waals surface area (Å²) in [5.74, 6) is -1.17. The van der Waals surface area contributed by atoms with Crippen LogP contribution in [0.4, 0.5) is 4.79 Å². The van der Waals surface area contributed by atoms with Gasteiger partial charge in [-0.15, -0.1) is 6.58 Å². The molecule has 2 heterocycles. The number of hydrogen-bond acceptors (Lipinski definition) is 9. The fraction of sp³-hybridized carbons (Fsp3) is 0.571. The number of carbonyl (C=O) groups excluding carboxylic acids is 4. The molecule has 5 atom stereocenters. The molecule has 0 spiro atoms. The summed E-state index contributed by atoms with van der Waals surface area (Å²) in [5, 5.41) is 6.71. The van der Waals surface area contributed by atoms with E-state index in [1.807, 2.05) is 33.8 Å². The van der Waals surface area contributed by atoms with E-state index in [9.17, 15) is 19.2 Å². The Morgan fingerprint density at radius 2 is 1.92 bits per heavy atom. The standard InChI is InChI=1S/C35H45ClN4O8/c1-7-20-18-35(20,32(43)45-6)39-30(41)25-16-22(47-26-17-27(46-8-2)37-28-23(26)14-11-15-24(28)36)19-40(25)31(42)29(34(3,4)5)38-33(44)48-21-12-9-10-13-21/h7,11,14-15,17,20-22,25,29H,1,8-10,12-13,16,18-19H2,2-6H3,(H,38,44)(H,39,41)/t20-,22?,25+,29-,35-/m1/s1. The number of halogens is 1. The van der Waals surface area contributed by atoms with Gasteiger partial charge in [0, 0.05) is 23.8 Å². The molecule has 0 radical (unpaired) electrons. The van der Waals surface area contributed by atoms with Gasteiger partial charge in [0.05, 0.1) is 30.8 Å². The van der Waals surface area contributed by atoms with Crippen molar-refractivity contribution in [2.75, 3.05) is 20.3 Å². The number of esters is 1. The lowest BCUT2D eigenvalue weighted by Crippen LogP contribution is -2.59. The van der Waals surface area contributed by atoms with E-state index in [1.165, 1.54) is 12.0 Å². The summed E-state index contributed by atoms with van der Waals surface area (Å²) in [6.07, 6.45) is 4.04. The minimum absolute atomic E-state index is 0.0211. The number of aromatic nitrogens is 1. The van der Waals surface area contributed by atoms with Gasteiger partial charge in [-0.2, -0.15) is 0 Å². The number of para-hydroxylation sites is 1. The summed E-state index contributed by atoms with van der Waals surface area (Å²) >= 11 is 6.48. The van der Waals surface area contributed by atoms with E-state index in [0.717, 1.165) is 25.7 Å². The second-order valence-corrected chi connectivity index (χ2v) is 14.2. The average Bonchev–Trinajstić information content (AvgIpc) is 3.32. The molecule has 2 N–H and O–H groups in total. The zero-order valence-corrected chi connectivity index (χ0v) is 28.9. The smallest absolute Gasteiger partial charge is 0.408 e. The van der Waals surface area contributed by atoms with Gasteiger partial charge in [0.25, 0.3) is 0 Å². The topological polar surface area (TPSA) is 145 Å². The quantitative estimate of drug-likeness (QED) is 0.248. The molecular formula is C35H45ClN4O8. The lowest BCUT2D eigenvalue weighted by Gasteiger charge is -2.35. The number of fused-ring (bicyclic) bond motifs is 1. The molecular weight excluding hydrogens is 640 g/mol. The van der Waals surface area contributed by atoms with Crippen molar-refractivity contribution in [2.24, 2.45) is 11.3 Å². The van der Waals surface area contributed by atoms with Crippen LogP contribution in [0.1, 0.15) is 66.2 Å². The number of carbonyl (C=O) groups is 4. The number of rotatable bonds is 11. The number of alkyl carbamates (subject to hydrolysis) is 1. The predicted octanol–water partition coefficient (Wildman–Crippen LogP) is 4.95. The number of nitrogens with one attached hydrogen (secondary N) is 2. The molecule has 5 rings (SSSR count). The van der Waals surface area contributed by atoms with Crippen molar-refractivity contribution in [3.8, 4) is 11.6 Å². The van der Waals surface area contributed by atoms with Crippen molar-refractivity contribution in [2.45, 2.75) is 96.1 Å². The molecule has 12 nitrogen and oxygen atoms in total. The van der Waals surface area contributed by atoms with Crippen molar-refractivity contribution in [3.05, 3.63) is 41.9 Å². The second-order valence-electron chi connectivity index (χ2n) is 13.8. The Labute approximate surface area is 285 Å². The summed E-state index contributed by atoms with van der Waals surface area (Å²) < 4.78 is 22.8. The maximum Gasteiger partial charge on any atom is 0.408 e. The summed E-state index contributed by atoms with van der Waals surface area (Å²) in [4.78, 5) is 60.2. The molecule has 3 aliphatic rings. The van der Waals surface area contributed by atoms with Crippen LogP contribution in [0.25, 0.3) is 10.9 Å².